The van der Waals surface area contributed by atoms with Crippen molar-refractivity contribution in [2.24, 2.45) is 0 Å². The molecule has 0 aliphatic carbocycles. The van der Waals surface area contributed by atoms with Crippen LogP contribution in [0.3, 0.4) is 0 Å². The van der Waals surface area contributed by atoms with Crippen molar-refractivity contribution >= 4 is 17.5 Å². The van der Waals surface area contributed by atoms with Crippen LogP contribution >= 0.6 is 0 Å². The van der Waals surface area contributed by atoms with Gasteiger partial charge in [-0.05, 0) is 18.2 Å². The van der Waals surface area contributed by atoms with E-state index < -0.39 is 11.8 Å². The van der Waals surface area contributed by atoms with Gasteiger partial charge in [0.15, 0.2) is 0 Å². The van der Waals surface area contributed by atoms with Crippen LogP contribution in [0.25, 0.3) is 0 Å². The monoisotopic (exact) mass is 257 g/mol. The number of nitrogens with zero attached hydrogens (tertiary/aromatic N) is 2. The summed E-state index contributed by atoms with van der Waals surface area (Å²) in [6, 6.07) is 8.56. The number of anilines is 1. The summed E-state index contributed by atoms with van der Waals surface area (Å²) in [5.74, 6) is -0.945. The van der Waals surface area contributed by atoms with Gasteiger partial charge in [-0.25, -0.2) is 0 Å². The molecule has 2 N–H and O–H groups in total. The summed E-state index contributed by atoms with van der Waals surface area (Å²) in [6.07, 6.45) is 1.18. The van der Waals surface area contributed by atoms with Crippen LogP contribution in [0.4, 0.5) is 5.69 Å². The Morgan fingerprint density at radius 2 is 2.16 bits per heavy atom. The van der Waals surface area contributed by atoms with E-state index in [4.69, 9.17) is 10.4 Å². The highest BCUT2D eigenvalue weighted by Gasteiger charge is 2.30. The van der Waals surface area contributed by atoms with Crippen molar-refractivity contribution in [3.8, 4) is 6.07 Å². The van der Waals surface area contributed by atoms with Gasteiger partial charge >= 0.3 is 0 Å². The number of nitrogens with one attached hydrogen (secondary N) is 1. The zero-order valence-corrected chi connectivity index (χ0v) is 9.96. The Kier molecular flexibility index (Phi) is 3.59. The second kappa shape index (κ2) is 5.33. The molecule has 0 fully saturated rings. The van der Waals surface area contributed by atoms with Gasteiger partial charge in [-0.2, -0.15) is 5.26 Å². The van der Waals surface area contributed by atoms with E-state index in [0.29, 0.717) is 11.3 Å². The lowest BCUT2D eigenvalue weighted by atomic mass is 10.2. The molecule has 0 unspecified atom stereocenters. The lowest BCUT2D eigenvalue weighted by Gasteiger charge is -2.13. The highest BCUT2D eigenvalue weighted by atomic mass is 16.3. The van der Waals surface area contributed by atoms with Gasteiger partial charge in [-0.1, -0.05) is 6.07 Å². The first-order valence-electron chi connectivity index (χ1n) is 5.61. The Hall–Kier alpha value is -2.65. The predicted molar refractivity (Wildman–Crippen MR) is 66.7 cm³/mol. The standard InChI is InChI=1S/C13H11N3O3/c14-8-9-2-1-3-10(6-9)15-11-7-12(18)16(4-5-17)13(11)19/h1-3,6-7,15,17H,4-5H2. The van der Waals surface area contributed by atoms with E-state index in [1.807, 2.05) is 6.07 Å². The van der Waals surface area contributed by atoms with Gasteiger partial charge in [0, 0.05) is 11.8 Å². The van der Waals surface area contributed by atoms with Crippen LogP contribution < -0.4 is 5.32 Å². The van der Waals surface area contributed by atoms with Gasteiger partial charge < -0.3 is 10.4 Å². The first-order valence-corrected chi connectivity index (χ1v) is 5.61. The SMILES string of the molecule is N#Cc1cccc(NC2=CC(=O)N(CCO)C2=O)c1. The van der Waals surface area contributed by atoms with Crippen molar-refractivity contribution < 1.29 is 14.7 Å². The first-order chi connectivity index (χ1) is 9.15. The number of β-amino-alcohol motifs (C(OH)–C–C–N with tert-alkyl or cyclic N) is 1. The minimum atomic E-state index is -0.485. The van der Waals surface area contributed by atoms with Crippen molar-refractivity contribution in [3.05, 3.63) is 41.6 Å². The lowest BCUT2D eigenvalue weighted by Crippen LogP contribution is -2.34. The number of hydrogen-bond acceptors (Lipinski definition) is 5. The van der Waals surface area contributed by atoms with E-state index >= 15 is 0 Å². The number of carbonyl (C=O) groups excluding carboxylic acids is 2. The maximum absolute atomic E-state index is 11.9. The van der Waals surface area contributed by atoms with E-state index in [9.17, 15) is 9.59 Å². The van der Waals surface area contributed by atoms with E-state index in [1.54, 1.807) is 24.3 Å². The quantitative estimate of drug-likeness (QED) is 0.752. The summed E-state index contributed by atoms with van der Waals surface area (Å²) in [5.41, 5.74) is 1.14. The molecule has 96 valence electrons. The zero-order chi connectivity index (χ0) is 13.8. The van der Waals surface area contributed by atoms with Crippen LogP contribution in [-0.4, -0.2) is 35.0 Å². The molecule has 1 aromatic carbocycles. The molecule has 0 bridgehead atoms. The van der Waals surface area contributed by atoms with Crippen LogP contribution in [0.15, 0.2) is 36.0 Å². The Morgan fingerprint density at radius 1 is 1.37 bits per heavy atom. The Morgan fingerprint density at radius 3 is 2.84 bits per heavy atom. The average Bonchev–Trinajstić information content (AvgIpc) is 2.67. The molecule has 0 spiro atoms. The van der Waals surface area contributed by atoms with Crippen LogP contribution in [0, 0.1) is 11.3 Å². The third-order valence-corrected chi connectivity index (χ3v) is 2.60. The Labute approximate surface area is 109 Å². The third-order valence-electron chi connectivity index (χ3n) is 2.60. The summed E-state index contributed by atoms with van der Waals surface area (Å²) in [7, 11) is 0. The Balaban J connectivity index is 2.16. The molecule has 1 aromatic rings. The number of benzene rings is 1. The van der Waals surface area contributed by atoms with Gasteiger partial charge in [0.2, 0.25) is 0 Å². The van der Waals surface area contributed by atoms with Crippen LogP contribution in [0.5, 0.6) is 0 Å². The molecule has 6 nitrogen and oxygen atoms in total. The second-order valence-corrected chi connectivity index (χ2v) is 3.89. The third kappa shape index (κ3) is 2.61. The molecule has 0 saturated carbocycles. The molecule has 1 heterocycles. The maximum Gasteiger partial charge on any atom is 0.277 e. The van der Waals surface area contributed by atoms with Crippen molar-refractivity contribution in [2.45, 2.75) is 0 Å². The number of imide groups is 1. The van der Waals surface area contributed by atoms with Crippen molar-refractivity contribution in [1.29, 1.82) is 5.26 Å². The van der Waals surface area contributed by atoms with Crippen molar-refractivity contribution in [1.82, 2.24) is 4.90 Å². The van der Waals surface area contributed by atoms with Crippen LogP contribution in [0.1, 0.15) is 5.56 Å². The summed E-state index contributed by atoms with van der Waals surface area (Å²) < 4.78 is 0. The molecule has 6 heteroatoms. The highest BCUT2D eigenvalue weighted by Crippen LogP contribution is 2.17. The largest absolute Gasteiger partial charge is 0.395 e. The molecule has 19 heavy (non-hydrogen) atoms. The van der Waals surface area contributed by atoms with Crippen molar-refractivity contribution in [2.75, 3.05) is 18.5 Å². The fourth-order valence-corrected chi connectivity index (χ4v) is 1.73. The fourth-order valence-electron chi connectivity index (χ4n) is 1.73. The molecule has 1 aliphatic heterocycles. The van der Waals surface area contributed by atoms with E-state index in [-0.39, 0.29) is 18.8 Å². The molecule has 2 rings (SSSR count). The fraction of sp³-hybridized carbons (Fsp3) is 0.154. The number of aliphatic hydroxyl groups is 1. The number of rotatable bonds is 4. The number of amides is 2. The topological polar surface area (TPSA) is 93.4 Å². The van der Waals surface area contributed by atoms with E-state index in [2.05, 4.69) is 5.32 Å². The summed E-state index contributed by atoms with van der Waals surface area (Å²) in [6.45, 7) is -0.305. The summed E-state index contributed by atoms with van der Waals surface area (Å²) >= 11 is 0. The number of hydrogen-bond donors (Lipinski definition) is 2. The average molecular weight is 257 g/mol. The molecule has 2 amide bonds. The summed E-state index contributed by atoms with van der Waals surface area (Å²) in [4.78, 5) is 24.3. The van der Waals surface area contributed by atoms with Gasteiger partial charge in [-0.3, -0.25) is 14.5 Å². The maximum atomic E-state index is 11.9. The Bertz CT molecular complexity index is 601. The molecule has 0 atom stereocenters. The second-order valence-electron chi connectivity index (χ2n) is 3.89. The predicted octanol–water partition coefficient (Wildman–Crippen LogP) is 0.215. The van der Waals surface area contributed by atoms with Gasteiger partial charge in [-0.15, -0.1) is 0 Å². The van der Waals surface area contributed by atoms with Gasteiger partial charge in [0.1, 0.15) is 5.70 Å². The van der Waals surface area contributed by atoms with Crippen LogP contribution in [-0.2, 0) is 9.59 Å². The minimum absolute atomic E-state index is 0.0302. The number of carbonyl (C=O) groups is 2. The number of aliphatic hydroxyl groups excluding tert-OH is 1. The summed E-state index contributed by atoms with van der Waals surface area (Å²) in [5, 5.41) is 20.4. The molecule has 0 radical (unpaired) electrons. The molecular formula is C13H11N3O3. The van der Waals surface area contributed by atoms with Gasteiger partial charge in [0.05, 0.1) is 24.8 Å². The van der Waals surface area contributed by atoms with Gasteiger partial charge in [0.25, 0.3) is 11.8 Å². The molecule has 1 aliphatic rings. The van der Waals surface area contributed by atoms with E-state index in [0.717, 1.165) is 4.90 Å². The van der Waals surface area contributed by atoms with Crippen LogP contribution in [0.2, 0.25) is 0 Å². The first kappa shape index (κ1) is 12.8. The molecular weight excluding hydrogens is 246 g/mol. The minimum Gasteiger partial charge on any atom is -0.395 e. The number of nitriles is 1. The smallest absolute Gasteiger partial charge is 0.277 e. The zero-order valence-electron chi connectivity index (χ0n) is 9.96. The lowest BCUT2D eigenvalue weighted by molar-refractivity contribution is -0.137. The molecule has 0 aromatic heterocycles. The normalized spacial score (nSPS) is 14.3. The highest BCUT2D eigenvalue weighted by molar-refractivity contribution is 6.17. The van der Waals surface area contributed by atoms with E-state index in [1.165, 1.54) is 6.08 Å². The van der Waals surface area contributed by atoms with Crippen molar-refractivity contribution in [3.63, 3.8) is 0 Å². The molecule has 0 saturated heterocycles.